The van der Waals surface area contributed by atoms with Gasteiger partial charge in [0.05, 0.1) is 18.3 Å². The van der Waals surface area contributed by atoms with E-state index in [0.29, 0.717) is 11.8 Å². The van der Waals surface area contributed by atoms with Gasteiger partial charge >= 0.3 is 12.0 Å². The van der Waals surface area contributed by atoms with Gasteiger partial charge in [-0.05, 0) is 52.7 Å². The highest BCUT2D eigenvalue weighted by atomic mass is 16.2. The van der Waals surface area contributed by atoms with Gasteiger partial charge < -0.3 is 0 Å². The van der Waals surface area contributed by atoms with Crippen molar-refractivity contribution >= 4 is 23.7 Å². The molecular weight excluding hydrogens is 392 g/mol. The molecule has 2 aromatic rings. The van der Waals surface area contributed by atoms with E-state index in [-0.39, 0.29) is 24.5 Å². The summed E-state index contributed by atoms with van der Waals surface area (Å²) in [6.45, 7) is 12.2. The Labute approximate surface area is 182 Å². The van der Waals surface area contributed by atoms with Crippen molar-refractivity contribution in [1.29, 1.82) is 0 Å². The molecule has 2 aliphatic heterocycles. The summed E-state index contributed by atoms with van der Waals surface area (Å²) in [5.41, 5.74) is 4.97. The van der Waals surface area contributed by atoms with Crippen LogP contribution in [0.3, 0.4) is 0 Å². The van der Waals surface area contributed by atoms with Crippen molar-refractivity contribution in [1.82, 2.24) is 19.6 Å². The Morgan fingerprint density at radius 1 is 1.10 bits per heavy atom. The van der Waals surface area contributed by atoms with Crippen molar-refractivity contribution in [3.8, 4) is 0 Å². The minimum atomic E-state index is -0.661. The standard InChI is InChI=1S/C23H29N6O2/c1-13(2)28-19-20(24-22(28)29-17(6)15(4)16(5)25-29)26(7)23(31)27(21(19)30)12-18-11-9-8-10-14(18)3/h8-11,13,19H,12H2,1-7H3/q+1. The Morgan fingerprint density at radius 3 is 2.35 bits per heavy atom. The quantitative estimate of drug-likeness (QED) is 0.715. The molecule has 0 radical (unpaired) electrons. The number of likely N-dealkylation sites (N-methyl/N-ethyl adjacent to an activating group) is 1. The lowest BCUT2D eigenvalue weighted by atomic mass is 10.1. The first-order valence-electron chi connectivity index (χ1n) is 10.5. The maximum Gasteiger partial charge on any atom is 0.421 e. The van der Waals surface area contributed by atoms with Crippen LogP contribution in [0.5, 0.6) is 0 Å². The number of aryl methyl sites for hydroxylation is 2. The lowest BCUT2D eigenvalue weighted by Crippen LogP contribution is -2.63. The van der Waals surface area contributed by atoms with Crippen LogP contribution in [0.15, 0.2) is 29.3 Å². The summed E-state index contributed by atoms with van der Waals surface area (Å²) in [4.78, 5) is 34.4. The third-order valence-corrected chi connectivity index (χ3v) is 6.32. The molecule has 1 unspecified atom stereocenters. The number of urea groups is 1. The number of amides is 3. The average molecular weight is 422 g/mol. The van der Waals surface area contributed by atoms with Crippen molar-refractivity contribution in [2.45, 2.75) is 60.2 Å². The Morgan fingerprint density at radius 2 is 1.77 bits per heavy atom. The number of rotatable bonds is 3. The van der Waals surface area contributed by atoms with Gasteiger partial charge in [-0.15, -0.1) is 9.78 Å². The number of carbonyl (C=O) groups excluding carboxylic acids is 2. The molecule has 162 valence electrons. The fourth-order valence-corrected chi connectivity index (χ4v) is 4.17. The zero-order chi connectivity index (χ0) is 22.6. The molecule has 8 heteroatoms. The average Bonchev–Trinajstić information content (AvgIpc) is 3.25. The molecular formula is C23H29N6O2+. The third kappa shape index (κ3) is 3.17. The van der Waals surface area contributed by atoms with Gasteiger partial charge in [-0.1, -0.05) is 29.3 Å². The number of aliphatic imine (C=N–C) groups is 1. The van der Waals surface area contributed by atoms with Gasteiger partial charge in [0.15, 0.2) is 0 Å². The zero-order valence-corrected chi connectivity index (χ0v) is 19.2. The lowest BCUT2D eigenvalue weighted by molar-refractivity contribution is -0.567. The number of benzene rings is 1. The summed E-state index contributed by atoms with van der Waals surface area (Å²) in [7, 11) is 1.68. The van der Waals surface area contributed by atoms with E-state index in [1.807, 2.05) is 70.4 Å². The van der Waals surface area contributed by atoms with E-state index in [9.17, 15) is 9.59 Å². The molecule has 0 bridgehead atoms. The number of amidine groups is 1. The number of hydrogen-bond donors (Lipinski definition) is 0. The van der Waals surface area contributed by atoms with Gasteiger partial charge in [-0.25, -0.2) is 9.37 Å². The van der Waals surface area contributed by atoms with Gasteiger partial charge in [0.2, 0.25) is 11.9 Å². The van der Waals surface area contributed by atoms with E-state index in [0.717, 1.165) is 28.1 Å². The molecule has 4 rings (SSSR count). The van der Waals surface area contributed by atoms with Crippen LogP contribution in [0.4, 0.5) is 4.79 Å². The lowest BCUT2D eigenvalue weighted by Gasteiger charge is -2.35. The van der Waals surface area contributed by atoms with Gasteiger partial charge in [0.1, 0.15) is 5.69 Å². The zero-order valence-electron chi connectivity index (χ0n) is 19.2. The van der Waals surface area contributed by atoms with Gasteiger partial charge in [-0.3, -0.25) is 14.6 Å². The molecule has 8 nitrogen and oxygen atoms in total. The number of aromatic nitrogens is 2. The minimum absolute atomic E-state index is 0.0173. The second-order valence-electron chi connectivity index (χ2n) is 8.57. The first-order chi connectivity index (χ1) is 14.6. The van der Waals surface area contributed by atoms with Crippen LogP contribution in [0.1, 0.15) is 41.9 Å². The highest BCUT2D eigenvalue weighted by Gasteiger charge is 2.54. The van der Waals surface area contributed by atoms with E-state index in [1.165, 1.54) is 9.80 Å². The van der Waals surface area contributed by atoms with E-state index in [4.69, 9.17) is 4.99 Å². The van der Waals surface area contributed by atoms with Crippen LogP contribution in [-0.4, -0.2) is 67.0 Å². The van der Waals surface area contributed by atoms with E-state index in [2.05, 4.69) is 5.10 Å². The molecule has 1 aromatic carbocycles. The van der Waals surface area contributed by atoms with E-state index >= 15 is 0 Å². The molecule has 3 amide bonds. The van der Waals surface area contributed by atoms with Crippen molar-refractivity contribution in [3.63, 3.8) is 0 Å². The number of hydrogen-bond acceptors (Lipinski definition) is 4. The highest BCUT2D eigenvalue weighted by Crippen LogP contribution is 2.25. The van der Waals surface area contributed by atoms with Crippen LogP contribution in [0.25, 0.3) is 0 Å². The molecule has 0 spiro atoms. The summed E-state index contributed by atoms with van der Waals surface area (Å²) in [6, 6.07) is 6.76. The van der Waals surface area contributed by atoms with Crippen LogP contribution < -0.4 is 0 Å². The minimum Gasteiger partial charge on any atom is -0.270 e. The summed E-state index contributed by atoms with van der Waals surface area (Å²) < 4.78 is 3.75. The number of imide groups is 1. The molecule has 0 N–H and O–H groups in total. The van der Waals surface area contributed by atoms with Gasteiger partial charge in [0, 0.05) is 12.6 Å². The fourth-order valence-electron chi connectivity index (χ4n) is 4.17. The largest absolute Gasteiger partial charge is 0.421 e. The summed E-state index contributed by atoms with van der Waals surface area (Å²) in [6.07, 6.45) is 0. The molecule has 3 heterocycles. The molecule has 2 aliphatic rings. The summed E-state index contributed by atoms with van der Waals surface area (Å²) in [5, 5.41) is 4.65. The first-order valence-corrected chi connectivity index (χ1v) is 10.5. The van der Waals surface area contributed by atoms with E-state index < -0.39 is 6.04 Å². The third-order valence-electron chi connectivity index (χ3n) is 6.32. The molecule has 0 aliphatic carbocycles. The van der Waals surface area contributed by atoms with Crippen molar-refractivity contribution < 1.29 is 14.2 Å². The molecule has 1 fully saturated rings. The van der Waals surface area contributed by atoms with Crippen LogP contribution in [0.2, 0.25) is 0 Å². The SMILES string of the molecule is Cc1ccccc1CN1C(=O)C2C(=NC(n3nc(C)c(C)c3C)=[N+]2C(C)C)N(C)C1=O. The van der Waals surface area contributed by atoms with Crippen molar-refractivity contribution in [3.05, 3.63) is 52.3 Å². The number of nitrogens with zero attached hydrogens (tertiary/aromatic N) is 6. The van der Waals surface area contributed by atoms with Crippen LogP contribution in [-0.2, 0) is 11.3 Å². The fraction of sp³-hybridized carbons (Fsp3) is 0.435. The second-order valence-corrected chi connectivity index (χ2v) is 8.57. The number of fused-ring (bicyclic) bond motifs is 1. The van der Waals surface area contributed by atoms with Gasteiger partial charge in [0.25, 0.3) is 5.91 Å². The van der Waals surface area contributed by atoms with Crippen molar-refractivity contribution in [2.75, 3.05) is 7.05 Å². The predicted octanol–water partition coefficient (Wildman–Crippen LogP) is 2.62. The summed E-state index contributed by atoms with van der Waals surface area (Å²) in [5.74, 6) is 0.770. The topological polar surface area (TPSA) is 73.8 Å². The normalized spacial score (nSPS) is 19.0. The highest BCUT2D eigenvalue weighted by molar-refractivity contribution is 6.23. The Balaban J connectivity index is 1.81. The predicted molar refractivity (Wildman–Crippen MR) is 118 cm³/mol. The molecule has 0 saturated carbocycles. The second kappa shape index (κ2) is 7.44. The molecule has 31 heavy (non-hydrogen) atoms. The molecule has 1 saturated heterocycles. The Hall–Kier alpha value is -3.29. The first kappa shape index (κ1) is 21.0. The Bertz CT molecular complexity index is 1160. The monoisotopic (exact) mass is 421 g/mol. The smallest absolute Gasteiger partial charge is 0.270 e. The van der Waals surface area contributed by atoms with Crippen LogP contribution >= 0.6 is 0 Å². The van der Waals surface area contributed by atoms with Gasteiger partial charge in [-0.2, -0.15) is 0 Å². The number of carbonyl (C=O) groups is 2. The molecule has 1 atom stereocenters. The van der Waals surface area contributed by atoms with E-state index in [1.54, 1.807) is 11.7 Å². The maximum absolute atomic E-state index is 13.6. The molecule has 1 aromatic heterocycles. The van der Waals surface area contributed by atoms with Crippen LogP contribution in [0, 0.1) is 27.7 Å². The van der Waals surface area contributed by atoms with Crippen molar-refractivity contribution in [2.24, 2.45) is 4.99 Å². The summed E-state index contributed by atoms with van der Waals surface area (Å²) >= 11 is 0. The Kier molecular flexibility index (Phi) is 5.03. The maximum atomic E-state index is 13.6.